The first-order valence-electron chi connectivity index (χ1n) is 5.67. The van der Waals surface area contributed by atoms with Crippen molar-refractivity contribution < 1.29 is 9.90 Å². The summed E-state index contributed by atoms with van der Waals surface area (Å²) in [5.74, 6) is -0.877. The first-order valence-corrected chi connectivity index (χ1v) is 10.2. The van der Waals surface area contributed by atoms with E-state index in [4.69, 9.17) is 5.11 Å². The Labute approximate surface area is 110 Å². The van der Waals surface area contributed by atoms with Crippen LogP contribution in [0.4, 0.5) is 0 Å². The molecule has 0 saturated carbocycles. The maximum absolute atomic E-state index is 9.62. The van der Waals surface area contributed by atoms with Crippen LogP contribution in [0.25, 0.3) is 0 Å². The number of carboxylic acid groups (broad SMARTS) is 1. The van der Waals surface area contributed by atoms with Crippen LogP contribution in [0.5, 0.6) is 0 Å². The van der Waals surface area contributed by atoms with Gasteiger partial charge in [0.2, 0.25) is 0 Å². The third kappa shape index (κ3) is 20.6. The van der Waals surface area contributed by atoms with E-state index >= 15 is 0 Å². The van der Waals surface area contributed by atoms with Crippen molar-refractivity contribution >= 4 is 39.7 Å². The average molecular weight is 339 g/mol. The Kier molecular flexibility index (Phi) is 17.5. The van der Waals surface area contributed by atoms with Crippen LogP contribution < -0.4 is 0 Å². The van der Waals surface area contributed by atoms with Gasteiger partial charge in [0.25, 0.3) is 0 Å². The third-order valence-corrected chi connectivity index (χ3v) is 6.03. The molecule has 0 aromatic rings. The summed E-state index contributed by atoms with van der Waals surface area (Å²) < 4.78 is 3.25. The molecule has 4 heteroatoms. The van der Waals surface area contributed by atoms with Gasteiger partial charge in [-0.1, -0.05) is 0 Å². The van der Waals surface area contributed by atoms with Gasteiger partial charge in [-0.3, -0.25) is 4.79 Å². The average Bonchev–Trinajstić information content (AvgIpc) is 2.18. The number of aliphatic carboxylic acids is 1. The number of thiol groups is 1. The maximum atomic E-state index is 9.62. The zero-order valence-corrected chi connectivity index (χ0v) is 13.9. The number of hydrogen-bond donors (Lipinski definition) is 2. The van der Waals surface area contributed by atoms with Gasteiger partial charge >= 0.3 is 75.5 Å². The monoisotopic (exact) mass is 340 g/mol. The van der Waals surface area contributed by atoms with Gasteiger partial charge in [0.05, 0.1) is 5.25 Å². The molecule has 0 aliphatic carbocycles. The Morgan fingerprint density at radius 2 is 1.60 bits per heavy atom. The van der Waals surface area contributed by atoms with E-state index in [0.717, 1.165) is 0 Å². The van der Waals surface area contributed by atoms with Gasteiger partial charge in [-0.15, -0.1) is 0 Å². The van der Waals surface area contributed by atoms with Gasteiger partial charge in [-0.25, -0.2) is 0 Å². The van der Waals surface area contributed by atoms with Gasteiger partial charge in [0, 0.05) is 0 Å². The fourth-order valence-corrected chi connectivity index (χ4v) is 4.89. The molecule has 2 radical (unpaired) electrons. The van der Waals surface area contributed by atoms with Crippen LogP contribution in [0.15, 0.2) is 0 Å². The summed E-state index contributed by atoms with van der Waals surface area (Å²) in [4.78, 5) is 9.62. The first-order chi connectivity index (χ1) is 7.06. The quantitative estimate of drug-likeness (QED) is 0.423. The van der Waals surface area contributed by atoms with Crippen molar-refractivity contribution in [1.29, 1.82) is 0 Å². The van der Waals surface area contributed by atoms with Crippen molar-refractivity contribution in [3.05, 3.63) is 0 Å². The molecule has 1 unspecified atom stereocenters. The summed E-state index contributed by atoms with van der Waals surface area (Å²) in [6, 6.07) is 0. The van der Waals surface area contributed by atoms with E-state index in [2.05, 4.69) is 26.5 Å². The molecule has 0 aliphatic rings. The van der Waals surface area contributed by atoms with Gasteiger partial charge in [0.1, 0.15) is 0 Å². The van der Waals surface area contributed by atoms with Crippen molar-refractivity contribution in [2.45, 2.75) is 60.6 Å². The van der Waals surface area contributed by atoms with Gasteiger partial charge < -0.3 is 5.11 Å². The Morgan fingerprint density at radius 1 is 1.27 bits per heavy atom. The molecule has 0 heterocycles. The zero-order valence-electron chi connectivity index (χ0n) is 10.1. The van der Waals surface area contributed by atoms with Crippen molar-refractivity contribution in [2.24, 2.45) is 0 Å². The number of rotatable bonds is 7. The molecule has 1 N–H and O–H groups in total. The van der Waals surface area contributed by atoms with Crippen molar-refractivity contribution in [2.75, 3.05) is 0 Å². The molecule has 0 aromatic heterocycles. The van der Waals surface area contributed by atoms with E-state index in [-0.39, 0.29) is 21.1 Å². The number of carboxylic acids is 1. The summed E-state index contributed by atoms with van der Waals surface area (Å²) in [5, 5.41) is 7.38. The molecular formula is C11H24O2SSn. The summed E-state index contributed by atoms with van der Waals surface area (Å²) in [6.45, 7) is 6.09. The molecule has 0 fully saturated rings. The fourth-order valence-electron chi connectivity index (χ4n) is 0.729. The van der Waals surface area contributed by atoms with Crippen molar-refractivity contribution in [3.63, 3.8) is 0 Å². The van der Waals surface area contributed by atoms with Crippen LogP contribution in [0.2, 0.25) is 8.87 Å². The summed E-state index contributed by atoms with van der Waals surface area (Å²) >= 11 is 3.74. The van der Waals surface area contributed by atoms with Gasteiger partial charge in [-0.05, 0) is 6.92 Å². The zero-order chi connectivity index (χ0) is 12.1. The van der Waals surface area contributed by atoms with Crippen LogP contribution in [-0.2, 0) is 4.79 Å². The molecular weight excluding hydrogens is 315 g/mol. The molecule has 2 nitrogen and oxygen atoms in total. The third-order valence-electron chi connectivity index (χ3n) is 1.77. The second-order valence-corrected chi connectivity index (χ2v) is 8.53. The van der Waals surface area contributed by atoms with E-state index < -0.39 is 11.2 Å². The van der Waals surface area contributed by atoms with Crippen LogP contribution in [0, 0.1) is 0 Å². The number of unbranched alkanes of at least 4 members (excludes halogenated alkanes) is 2. The molecule has 90 valence electrons. The van der Waals surface area contributed by atoms with E-state index in [1.165, 1.54) is 32.6 Å². The molecule has 0 amide bonds. The number of carbonyl (C=O) groups is 1. The molecule has 1 atom stereocenters. The predicted molar refractivity (Wildman–Crippen MR) is 71.3 cm³/mol. The van der Waals surface area contributed by atoms with Crippen LogP contribution >= 0.6 is 12.6 Å². The standard InChI is InChI=1S/2C4H9.C3H6O2S.Sn/c2*1-3-4-2;1-2(6)3(4)5;/h2*1,3-4H2,2H3;2,6H,1H3,(H,4,5);. The molecule has 0 bridgehead atoms. The van der Waals surface area contributed by atoms with E-state index in [1.54, 1.807) is 8.87 Å². The molecule has 15 heavy (non-hydrogen) atoms. The Hall–Kier alpha value is 0.619. The fraction of sp³-hybridized carbons (Fsp3) is 0.909. The molecule has 0 aliphatic heterocycles. The van der Waals surface area contributed by atoms with Gasteiger partial charge in [0.15, 0.2) is 0 Å². The molecule has 0 aromatic carbocycles. The summed E-state index contributed by atoms with van der Waals surface area (Å²) in [6.07, 6.45) is 5.84. The Morgan fingerprint density at radius 3 is 1.80 bits per heavy atom. The summed E-state index contributed by atoms with van der Waals surface area (Å²) in [5.41, 5.74) is 0. The molecule has 0 spiro atoms. The summed E-state index contributed by atoms with van der Waals surface area (Å²) in [7, 11) is 0. The predicted octanol–water partition coefficient (Wildman–Crippen LogP) is 3.52. The topological polar surface area (TPSA) is 37.3 Å². The first kappa shape index (κ1) is 18.0. The number of hydrogen-bond acceptors (Lipinski definition) is 2. The second kappa shape index (κ2) is 14.6. The minimum atomic E-state index is -0.877. The molecule has 0 rings (SSSR count). The van der Waals surface area contributed by atoms with E-state index in [0.29, 0.717) is 0 Å². The van der Waals surface area contributed by atoms with Crippen LogP contribution in [-0.4, -0.2) is 37.5 Å². The van der Waals surface area contributed by atoms with Gasteiger partial charge in [-0.2, -0.15) is 12.6 Å². The van der Waals surface area contributed by atoms with Crippen LogP contribution in [0.3, 0.4) is 0 Å². The Balaban J connectivity index is 0. The normalized spacial score (nSPS) is 11.5. The Bertz CT molecular complexity index is 135. The second-order valence-electron chi connectivity index (χ2n) is 3.47. The van der Waals surface area contributed by atoms with Crippen molar-refractivity contribution in [1.82, 2.24) is 0 Å². The minimum absolute atomic E-state index is 0.149. The van der Waals surface area contributed by atoms with Crippen molar-refractivity contribution in [3.8, 4) is 0 Å². The van der Waals surface area contributed by atoms with E-state index in [9.17, 15) is 4.79 Å². The SMILES string of the molecule is CC(S)C(=O)O.CCC[CH2][Sn][CH2]CCC. The molecule has 0 saturated heterocycles. The van der Waals surface area contributed by atoms with E-state index in [1.807, 2.05) is 0 Å². The van der Waals surface area contributed by atoms with Crippen LogP contribution in [0.1, 0.15) is 46.5 Å².